The number of nitrogens with zero attached hydrogens (tertiary/aromatic N) is 1. The van der Waals surface area contributed by atoms with Gasteiger partial charge in [-0.2, -0.15) is 0 Å². The summed E-state index contributed by atoms with van der Waals surface area (Å²) in [5.74, 6) is 0.695. The Kier molecular flexibility index (Phi) is 2.63. The van der Waals surface area contributed by atoms with Gasteiger partial charge >= 0.3 is 0 Å². The molecule has 0 spiro atoms. The van der Waals surface area contributed by atoms with Gasteiger partial charge in [-0.05, 0) is 25.3 Å². The second kappa shape index (κ2) is 4.15. The van der Waals surface area contributed by atoms with E-state index in [0.717, 1.165) is 31.6 Å². The van der Waals surface area contributed by atoms with Crippen molar-refractivity contribution in [2.75, 3.05) is 6.61 Å². The fraction of sp³-hybridized carbons (Fsp3) is 0.500. The van der Waals surface area contributed by atoms with Crippen LogP contribution in [0.2, 0.25) is 0 Å². The molecule has 1 heterocycles. The van der Waals surface area contributed by atoms with Crippen molar-refractivity contribution in [3.05, 3.63) is 35.4 Å². The SMILES string of the molecule is CCOC1CC(N2Cc3ccccc3C2=N)C1. The van der Waals surface area contributed by atoms with E-state index >= 15 is 0 Å². The van der Waals surface area contributed by atoms with Crippen molar-refractivity contribution < 1.29 is 4.74 Å². The van der Waals surface area contributed by atoms with Crippen molar-refractivity contribution in [2.24, 2.45) is 0 Å². The third-order valence-electron chi connectivity index (χ3n) is 3.81. The molecule has 0 atom stereocenters. The zero-order valence-corrected chi connectivity index (χ0v) is 10.1. The summed E-state index contributed by atoms with van der Waals surface area (Å²) in [5.41, 5.74) is 2.39. The summed E-state index contributed by atoms with van der Waals surface area (Å²) in [6, 6.07) is 8.75. The van der Waals surface area contributed by atoms with Crippen molar-refractivity contribution in [3.63, 3.8) is 0 Å². The Morgan fingerprint density at radius 2 is 2.12 bits per heavy atom. The molecule has 1 N–H and O–H groups in total. The van der Waals surface area contributed by atoms with Gasteiger partial charge in [0.05, 0.1) is 6.10 Å². The number of benzene rings is 1. The van der Waals surface area contributed by atoms with Crippen LogP contribution in [-0.4, -0.2) is 29.5 Å². The number of nitrogens with one attached hydrogen (secondary N) is 1. The topological polar surface area (TPSA) is 36.3 Å². The van der Waals surface area contributed by atoms with Crippen LogP contribution in [0.4, 0.5) is 0 Å². The molecule has 1 aromatic carbocycles. The van der Waals surface area contributed by atoms with Gasteiger partial charge in [0.1, 0.15) is 5.84 Å². The van der Waals surface area contributed by atoms with Crippen molar-refractivity contribution >= 4 is 5.84 Å². The quantitative estimate of drug-likeness (QED) is 0.865. The van der Waals surface area contributed by atoms with Crippen LogP contribution in [0.1, 0.15) is 30.9 Å². The maximum absolute atomic E-state index is 8.21. The third-order valence-corrected chi connectivity index (χ3v) is 3.81. The Morgan fingerprint density at radius 3 is 2.82 bits per heavy atom. The Balaban J connectivity index is 1.67. The Morgan fingerprint density at radius 1 is 1.35 bits per heavy atom. The number of hydrogen-bond acceptors (Lipinski definition) is 2. The van der Waals surface area contributed by atoms with Crippen LogP contribution in [0.15, 0.2) is 24.3 Å². The van der Waals surface area contributed by atoms with Gasteiger partial charge in [-0.15, -0.1) is 0 Å². The molecule has 1 saturated carbocycles. The minimum atomic E-state index is 0.418. The van der Waals surface area contributed by atoms with E-state index in [-0.39, 0.29) is 0 Å². The largest absolute Gasteiger partial charge is 0.378 e. The number of hydrogen-bond donors (Lipinski definition) is 1. The monoisotopic (exact) mass is 230 g/mol. The average Bonchev–Trinajstić information content (AvgIpc) is 2.61. The molecule has 3 rings (SSSR count). The van der Waals surface area contributed by atoms with Gasteiger partial charge < -0.3 is 9.64 Å². The van der Waals surface area contributed by atoms with Gasteiger partial charge in [-0.3, -0.25) is 5.41 Å². The Labute approximate surface area is 102 Å². The Bertz CT molecular complexity index is 438. The molecule has 1 aromatic rings. The van der Waals surface area contributed by atoms with Crippen LogP contribution in [0, 0.1) is 5.41 Å². The summed E-state index contributed by atoms with van der Waals surface area (Å²) in [4.78, 5) is 2.22. The molecule has 3 heteroatoms. The lowest BCUT2D eigenvalue weighted by Gasteiger charge is -2.41. The summed E-state index contributed by atoms with van der Waals surface area (Å²) >= 11 is 0. The lowest BCUT2D eigenvalue weighted by atomic mass is 9.88. The van der Waals surface area contributed by atoms with Gasteiger partial charge in [-0.1, -0.05) is 24.3 Å². The first-order valence-electron chi connectivity index (χ1n) is 6.34. The number of fused-ring (bicyclic) bond motifs is 1. The molecule has 0 aromatic heterocycles. The molecule has 90 valence electrons. The molecule has 0 saturated heterocycles. The van der Waals surface area contributed by atoms with E-state index in [1.807, 2.05) is 13.0 Å². The summed E-state index contributed by atoms with van der Waals surface area (Å²) in [7, 11) is 0. The van der Waals surface area contributed by atoms with Crippen molar-refractivity contribution in [3.8, 4) is 0 Å². The van der Waals surface area contributed by atoms with Gasteiger partial charge in [0.25, 0.3) is 0 Å². The molecule has 0 amide bonds. The van der Waals surface area contributed by atoms with E-state index in [2.05, 4.69) is 23.1 Å². The minimum Gasteiger partial charge on any atom is -0.378 e. The van der Waals surface area contributed by atoms with Crippen LogP contribution in [0.3, 0.4) is 0 Å². The molecule has 0 unspecified atom stereocenters. The summed E-state index contributed by atoms with van der Waals surface area (Å²) in [6.45, 7) is 3.74. The zero-order chi connectivity index (χ0) is 11.8. The molecule has 1 fully saturated rings. The van der Waals surface area contributed by atoms with E-state index in [1.165, 1.54) is 5.56 Å². The van der Waals surface area contributed by atoms with Gasteiger partial charge in [0, 0.05) is 24.8 Å². The lowest BCUT2D eigenvalue weighted by Crippen LogP contribution is -2.48. The van der Waals surface area contributed by atoms with Crippen molar-refractivity contribution in [2.45, 2.75) is 38.5 Å². The third kappa shape index (κ3) is 1.75. The summed E-state index contributed by atoms with van der Waals surface area (Å²) in [5, 5.41) is 8.21. The predicted octanol–water partition coefficient (Wildman–Crippen LogP) is 2.40. The smallest absolute Gasteiger partial charge is 0.128 e. The molecule has 0 radical (unpaired) electrons. The minimum absolute atomic E-state index is 0.418. The predicted molar refractivity (Wildman–Crippen MR) is 67.2 cm³/mol. The van der Waals surface area contributed by atoms with Gasteiger partial charge in [0.15, 0.2) is 0 Å². The normalized spacial score (nSPS) is 26.9. The first kappa shape index (κ1) is 10.8. The lowest BCUT2D eigenvalue weighted by molar-refractivity contribution is -0.0309. The second-order valence-corrected chi connectivity index (χ2v) is 4.84. The molecular weight excluding hydrogens is 212 g/mol. The Hall–Kier alpha value is -1.35. The highest BCUT2D eigenvalue weighted by atomic mass is 16.5. The first-order chi connectivity index (χ1) is 8.29. The van der Waals surface area contributed by atoms with Gasteiger partial charge in [0.2, 0.25) is 0 Å². The number of amidine groups is 1. The van der Waals surface area contributed by atoms with Crippen LogP contribution >= 0.6 is 0 Å². The highest BCUT2D eigenvalue weighted by molar-refractivity contribution is 6.00. The van der Waals surface area contributed by atoms with E-state index in [1.54, 1.807) is 0 Å². The highest BCUT2D eigenvalue weighted by Crippen LogP contribution is 2.34. The average molecular weight is 230 g/mol. The highest BCUT2D eigenvalue weighted by Gasteiger charge is 2.38. The number of ether oxygens (including phenoxy) is 1. The van der Waals surface area contributed by atoms with Crippen LogP contribution in [0.25, 0.3) is 0 Å². The van der Waals surface area contributed by atoms with E-state index in [9.17, 15) is 0 Å². The van der Waals surface area contributed by atoms with Crippen molar-refractivity contribution in [1.29, 1.82) is 5.41 Å². The van der Waals surface area contributed by atoms with Crippen LogP contribution in [-0.2, 0) is 11.3 Å². The maximum Gasteiger partial charge on any atom is 0.128 e. The molecule has 17 heavy (non-hydrogen) atoms. The summed E-state index contributed by atoms with van der Waals surface area (Å²) < 4.78 is 5.58. The van der Waals surface area contributed by atoms with E-state index in [0.29, 0.717) is 18.0 Å². The fourth-order valence-corrected chi connectivity index (χ4v) is 2.78. The van der Waals surface area contributed by atoms with Crippen LogP contribution < -0.4 is 0 Å². The molecule has 1 aliphatic carbocycles. The standard InChI is InChI=1S/C14H18N2O/c1-2-17-12-7-11(8-12)16-9-10-5-3-4-6-13(10)14(16)15/h3-6,11-12,15H,2,7-9H2,1H3. The molecule has 3 nitrogen and oxygen atoms in total. The molecule has 1 aliphatic heterocycles. The van der Waals surface area contributed by atoms with E-state index < -0.39 is 0 Å². The summed E-state index contributed by atoms with van der Waals surface area (Å²) in [6.07, 6.45) is 2.57. The molecule has 0 bridgehead atoms. The number of rotatable bonds is 3. The maximum atomic E-state index is 8.21. The van der Waals surface area contributed by atoms with E-state index in [4.69, 9.17) is 10.1 Å². The van der Waals surface area contributed by atoms with Crippen LogP contribution in [0.5, 0.6) is 0 Å². The fourth-order valence-electron chi connectivity index (χ4n) is 2.78. The van der Waals surface area contributed by atoms with Crippen molar-refractivity contribution in [1.82, 2.24) is 4.90 Å². The second-order valence-electron chi connectivity index (χ2n) is 4.84. The first-order valence-corrected chi connectivity index (χ1v) is 6.34. The van der Waals surface area contributed by atoms with Gasteiger partial charge in [-0.25, -0.2) is 0 Å². The molecule has 2 aliphatic rings. The molecular formula is C14H18N2O. The zero-order valence-electron chi connectivity index (χ0n) is 10.1.